The zero-order chi connectivity index (χ0) is 14.0. The zero-order valence-corrected chi connectivity index (χ0v) is 11.6. The summed E-state index contributed by atoms with van der Waals surface area (Å²) < 4.78 is 5.21. The van der Waals surface area contributed by atoms with Crippen molar-refractivity contribution in [1.82, 2.24) is 0 Å². The van der Waals surface area contributed by atoms with Gasteiger partial charge in [0.15, 0.2) is 0 Å². The summed E-state index contributed by atoms with van der Waals surface area (Å²) in [6.07, 6.45) is 0.342. The Balaban J connectivity index is 2.44. The van der Waals surface area contributed by atoms with E-state index < -0.39 is 0 Å². The minimum absolute atomic E-state index is 0.250. The summed E-state index contributed by atoms with van der Waals surface area (Å²) in [7, 11) is 1.66. The van der Waals surface area contributed by atoms with Crippen LogP contribution in [-0.2, 0) is 10.2 Å². The Hall–Kier alpha value is -2.03. The molecule has 0 aliphatic heterocycles. The van der Waals surface area contributed by atoms with Crippen LogP contribution < -0.4 is 10.5 Å². The molecule has 3 heteroatoms. The van der Waals surface area contributed by atoms with Crippen molar-refractivity contribution in [1.29, 1.82) is 0 Å². The van der Waals surface area contributed by atoms with Crippen LogP contribution in [0.5, 0.6) is 5.75 Å². The monoisotopic (exact) mass is 257 g/mol. The summed E-state index contributed by atoms with van der Waals surface area (Å²) in [6, 6.07) is 12.2. The van der Waals surface area contributed by atoms with E-state index in [0.29, 0.717) is 6.42 Å². The number of hydrogen-bond donors (Lipinski definition) is 1. The average molecular weight is 257 g/mol. The number of benzene rings is 2. The summed E-state index contributed by atoms with van der Waals surface area (Å²) in [5.41, 5.74) is 6.18. The van der Waals surface area contributed by atoms with Crippen LogP contribution in [0.4, 0.5) is 0 Å². The molecule has 3 nitrogen and oxygen atoms in total. The number of amides is 1. The molecule has 0 aliphatic carbocycles. The van der Waals surface area contributed by atoms with Gasteiger partial charge in [0.1, 0.15) is 5.75 Å². The molecule has 0 spiro atoms. The lowest BCUT2D eigenvalue weighted by Gasteiger charge is -2.24. The first-order valence-electron chi connectivity index (χ1n) is 6.29. The maximum absolute atomic E-state index is 11.1. The molecule has 0 unspecified atom stereocenters. The predicted molar refractivity (Wildman–Crippen MR) is 77.3 cm³/mol. The first-order chi connectivity index (χ1) is 8.92. The molecule has 0 saturated heterocycles. The number of carbonyl (C=O) groups is 1. The van der Waals surface area contributed by atoms with Crippen molar-refractivity contribution >= 4 is 16.7 Å². The van der Waals surface area contributed by atoms with E-state index in [0.717, 1.165) is 22.1 Å². The fourth-order valence-corrected chi connectivity index (χ4v) is 2.31. The van der Waals surface area contributed by atoms with Crippen molar-refractivity contribution in [3.63, 3.8) is 0 Å². The zero-order valence-electron chi connectivity index (χ0n) is 11.6. The van der Waals surface area contributed by atoms with Crippen molar-refractivity contribution in [2.75, 3.05) is 7.11 Å². The molecule has 0 aromatic heterocycles. The third-order valence-electron chi connectivity index (χ3n) is 3.45. The molecule has 2 aromatic carbocycles. The van der Waals surface area contributed by atoms with E-state index in [1.54, 1.807) is 7.11 Å². The van der Waals surface area contributed by atoms with E-state index >= 15 is 0 Å². The van der Waals surface area contributed by atoms with E-state index in [-0.39, 0.29) is 11.3 Å². The number of nitrogens with two attached hydrogens (primary N) is 1. The van der Waals surface area contributed by atoms with Gasteiger partial charge < -0.3 is 10.5 Å². The molecular weight excluding hydrogens is 238 g/mol. The molecule has 0 atom stereocenters. The minimum Gasteiger partial charge on any atom is -0.497 e. The van der Waals surface area contributed by atoms with Crippen molar-refractivity contribution in [2.24, 2.45) is 5.73 Å². The van der Waals surface area contributed by atoms with Gasteiger partial charge in [-0.1, -0.05) is 38.1 Å². The molecular formula is C16H19NO2. The van der Waals surface area contributed by atoms with Gasteiger partial charge in [0.05, 0.1) is 7.11 Å². The summed E-state index contributed by atoms with van der Waals surface area (Å²) in [4.78, 5) is 11.1. The SMILES string of the molecule is COc1ccc2cc(C(C)(C)CC(N)=O)ccc2c1. The molecule has 0 aliphatic rings. The molecule has 1 amide bonds. The van der Waals surface area contributed by atoms with Gasteiger partial charge in [0.2, 0.25) is 5.91 Å². The predicted octanol–water partition coefficient (Wildman–Crippen LogP) is 3.00. The van der Waals surface area contributed by atoms with E-state index in [4.69, 9.17) is 10.5 Å². The summed E-state index contributed by atoms with van der Waals surface area (Å²) in [5, 5.41) is 2.26. The second kappa shape index (κ2) is 4.92. The fraction of sp³-hybridized carbons (Fsp3) is 0.312. The molecule has 0 fully saturated rings. The lowest BCUT2D eigenvalue weighted by Crippen LogP contribution is -2.26. The molecule has 100 valence electrons. The Morgan fingerprint density at radius 2 is 1.79 bits per heavy atom. The third-order valence-corrected chi connectivity index (χ3v) is 3.45. The number of fused-ring (bicyclic) bond motifs is 1. The maximum Gasteiger partial charge on any atom is 0.218 e. The Bertz CT molecular complexity index is 617. The van der Waals surface area contributed by atoms with Crippen LogP contribution in [0.25, 0.3) is 10.8 Å². The second-order valence-electron chi connectivity index (χ2n) is 5.45. The number of primary amides is 1. The first kappa shape index (κ1) is 13.4. The fourth-order valence-electron chi connectivity index (χ4n) is 2.31. The Labute approximate surface area is 113 Å². The van der Waals surface area contributed by atoms with Crippen LogP contribution >= 0.6 is 0 Å². The van der Waals surface area contributed by atoms with E-state index in [9.17, 15) is 4.79 Å². The van der Waals surface area contributed by atoms with Crippen LogP contribution in [0.15, 0.2) is 36.4 Å². The van der Waals surface area contributed by atoms with Crippen molar-refractivity contribution in [2.45, 2.75) is 25.7 Å². The number of methoxy groups -OCH3 is 1. The highest BCUT2D eigenvalue weighted by molar-refractivity contribution is 5.85. The van der Waals surface area contributed by atoms with Gasteiger partial charge in [-0.25, -0.2) is 0 Å². The summed E-state index contributed by atoms with van der Waals surface area (Å²) in [5.74, 6) is 0.566. The molecule has 0 radical (unpaired) electrons. The minimum atomic E-state index is -0.278. The molecule has 19 heavy (non-hydrogen) atoms. The Morgan fingerprint density at radius 1 is 1.16 bits per heavy atom. The summed E-state index contributed by atoms with van der Waals surface area (Å²) >= 11 is 0. The number of carbonyl (C=O) groups excluding carboxylic acids is 1. The molecule has 2 rings (SSSR count). The van der Waals surface area contributed by atoms with E-state index in [1.807, 2.05) is 38.1 Å². The van der Waals surface area contributed by atoms with Gasteiger partial charge in [-0.05, 0) is 33.9 Å². The quantitative estimate of drug-likeness (QED) is 0.915. The standard InChI is InChI=1S/C16H19NO2/c1-16(2,10-15(17)18)13-6-4-12-9-14(19-3)7-5-11(12)8-13/h4-9H,10H2,1-3H3,(H2,17,18). The van der Waals surface area contributed by atoms with Gasteiger partial charge in [0, 0.05) is 6.42 Å². The third kappa shape index (κ3) is 2.87. The van der Waals surface area contributed by atoms with Gasteiger partial charge in [-0.15, -0.1) is 0 Å². The van der Waals surface area contributed by atoms with Crippen LogP contribution in [-0.4, -0.2) is 13.0 Å². The lowest BCUT2D eigenvalue weighted by molar-refractivity contribution is -0.119. The number of ether oxygens (including phenoxy) is 1. The van der Waals surface area contributed by atoms with Gasteiger partial charge >= 0.3 is 0 Å². The highest BCUT2D eigenvalue weighted by Gasteiger charge is 2.23. The van der Waals surface area contributed by atoms with Crippen LogP contribution in [0.1, 0.15) is 25.8 Å². The highest BCUT2D eigenvalue weighted by Crippen LogP contribution is 2.30. The Kier molecular flexibility index (Phi) is 3.47. The van der Waals surface area contributed by atoms with Crippen molar-refractivity contribution < 1.29 is 9.53 Å². The second-order valence-corrected chi connectivity index (χ2v) is 5.45. The molecule has 2 aromatic rings. The summed E-state index contributed by atoms with van der Waals surface area (Å²) in [6.45, 7) is 4.06. The van der Waals surface area contributed by atoms with Crippen LogP contribution in [0.2, 0.25) is 0 Å². The van der Waals surface area contributed by atoms with Gasteiger partial charge in [-0.2, -0.15) is 0 Å². The van der Waals surface area contributed by atoms with Crippen LogP contribution in [0, 0.1) is 0 Å². The van der Waals surface area contributed by atoms with Gasteiger partial charge in [-0.3, -0.25) is 4.79 Å². The van der Waals surface area contributed by atoms with E-state index in [2.05, 4.69) is 12.1 Å². The lowest BCUT2D eigenvalue weighted by atomic mass is 9.80. The average Bonchev–Trinajstić information content (AvgIpc) is 2.36. The number of rotatable bonds is 4. The van der Waals surface area contributed by atoms with E-state index in [1.165, 1.54) is 0 Å². The maximum atomic E-state index is 11.1. The normalized spacial score (nSPS) is 11.5. The highest BCUT2D eigenvalue weighted by atomic mass is 16.5. The largest absolute Gasteiger partial charge is 0.497 e. The van der Waals surface area contributed by atoms with Crippen molar-refractivity contribution in [3.05, 3.63) is 42.0 Å². The molecule has 0 heterocycles. The molecule has 0 bridgehead atoms. The molecule has 2 N–H and O–H groups in total. The smallest absolute Gasteiger partial charge is 0.218 e. The Morgan fingerprint density at radius 3 is 2.42 bits per heavy atom. The topological polar surface area (TPSA) is 52.3 Å². The first-order valence-corrected chi connectivity index (χ1v) is 6.29. The van der Waals surface area contributed by atoms with Crippen molar-refractivity contribution in [3.8, 4) is 5.75 Å². The number of hydrogen-bond acceptors (Lipinski definition) is 2. The van der Waals surface area contributed by atoms with Gasteiger partial charge in [0.25, 0.3) is 0 Å². The van der Waals surface area contributed by atoms with Crippen LogP contribution in [0.3, 0.4) is 0 Å². The molecule has 0 saturated carbocycles.